The number of nitrogens with zero attached hydrogens (tertiary/aromatic N) is 1. The molecule has 4 rings (SSSR count). The number of fused-ring (bicyclic) bond motifs is 1. The lowest BCUT2D eigenvalue weighted by Crippen LogP contribution is -2.40. The number of rotatable bonds is 2. The van der Waals surface area contributed by atoms with E-state index in [-0.39, 0.29) is 6.23 Å². The van der Waals surface area contributed by atoms with E-state index < -0.39 is 11.4 Å². The van der Waals surface area contributed by atoms with Crippen molar-refractivity contribution in [2.45, 2.75) is 25.7 Å². The molecular formula is C23H19FN2O. The molecule has 0 radical (unpaired) electrons. The number of nitrogens with one attached hydrogen (secondary N) is 1. The van der Waals surface area contributed by atoms with Gasteiger partial charge in [-0.2, -0.15) is 5.26 Å². The summed E-state index contributed by atoms with van der Waals surface area (Å²) in [6.07, 6.45) is -0.145. The average molecular weight is 358 g/mol. The zero-order valence-electron chi connectivity index (χ0n) is 15.2. The van der Waals surface area contributed by atoms with Crippen molar-refractivity contribution in [3.05, 3.63) is 89.2 Å². The van der Waals surface area contributed by atoms with Crippen LogP contribution < -0.4 is 5.32 Å². The van der Waals surface area contributed by atoms with Crippen molar-refractivity contribution >= 4 is 5.69 Å². The minimum Gasteiger partial charge on any atom is -0.360 e. The first-order chi connectivity index (χ1) is 13.0. The standard InChI is InChI=1S/C23H19FN2O/c1-15-26-22-9-8-17(18-10-16(14-25)11-20(24)12-18)13-21(22)23(2,27-15)19-6-4-3-5-7-19/h3-13,15,26H,1-2H3/t15-,23+/m1/s1. The Morgan fingerprint density at radius 1 is 1.04 bits per heavy atom. The molecule has 0 fully saturated rings. The number of hydrogen-bond donors (Lipinski definition) is 1. The van der Waals surface area contributed by atoms with Crippen molar-refractivity contribution < 1.29 is 9.13 Å². The van der Waals surface area contributed by atoms with Crippen LogP contribution in [0.15, 0.2) is 66.7 Å². The Labute approximate surface area is 158 Å². The minimum absolute atomic E-state index is 0.145. The molecule has 0 unspecified atom stereocenters. The normalized spacial score (nSPS) is 21.0. The van der Waals surface area contributed by atoms with E-state index in [4.69, 9.17) is 10.00 Å². The molecule has 0 spiro atoms. The Morgan fingerprint density at radius 2 is 1.81 bits per heavy atom. The van der Waals surface area contributed by atoms with Gasteiger partial charge in [-0.1, -0.05) is 36.4 Å². The molecule has 3 aromatic rings. The highest BCUT2D eigenvalue weighted by atomic mass is 19.1. The Balaban J connectivity index is 1.89. The summed E-state index contributed by atoms with van der Waals surface area (Å²) in [5.41, 5.74) is 4.19. The summed E-state index contributed by atoms with van der Waals surface area (Å²) in [6.45, 7) is 4.03. The Morgan fingerprint density at radius 3 is 2.56 bits per heavy atom. The highest BCUT2D eigenvalue weighted by Crippen LogP contribution is 2.43. The fourth-order valence-corrected chi connectivity index (χ4v) is 3.71. The van der Waals surface area contributed by atoms with Crippen LogP contribution >= 0.6 is 0 Å². The topological polar surface area (TPSA) is 45.0 Å². The molecule has 0 amide bonds. The first-order valence-corrected chi connectivity index (χ1v) is 8.85. The van der Waals surface area contributed by atoms with Crippen LogP contribution in [0.25, 0.3) is 11.1 Å². The van der Waals surface area contributed by atoms with Crippen molar-refractivity contribution in [2.75, 3.05) is 5.32 Å². The molecule has 3 aromatic carbocycles. The van der Waals surface area contributed by atoms with Gasteiger partial charge < -0.3 is 10.1 Å². The predicted molar refractivity (Wildman–Crippen MR) is 104 cm³/mol. The lowest BCUT2D eigenvalue weighted by molar-refractivity contribution is -0.0476. The van der Waals surface area contributed by atoms with Crippen LogP contribution in [-0.2, 0) is 10.3 Å². The maximum Gasteiger partial charge on any atom is 0.126 e. The van der Waals surface area contributed by atoms with Gasteiger partial charge in [-0.05, 0) is 60.9 Å². The smallest absolute Gasteiger partial charge is 0.126 e. The Hall–Kier alpha value is -3.16. The Kier molecular flexibility index (Phi) is 4.18. The molecule has 1 N–H and O–H groups in total. The molecule has 3 nitrogen and oxygen atoms in total. The van der Waals surface area contributed by atoms with Gasteiger partial charge in [0.1, 0.15) is 17.6 Å². The highest BCUT2D eigenvalue weighted by molar-refractivity contribution is 5.72. The second kappa shape index (κ2) is 6.53. The zero-order chi connectivity index (χ0) is 19.0. The second-order valence-corrected chi connectivity index (χ2v) is 6.90. The summed E-state index contributed by atoms with van der Waals surface area (Å²) in [7, 11) is 0. The largest absolute Gasteiger partial charge is 0.360 e. The quantitative estimate of drug-likeness (QED) is 0.666. The third-order valence-corrected chi connectivity index (χ3v) is 4.99. The van der Waals surface area contributed by atoms with E-state index in [1.807, 2.05) is 61.5 Å². The van der Waals surface area contributed by atoms with Crippen molar-refractivity contribution in [1.82, 2.24) is 0 Å². The van der Waals surface area contributed by atoms with Crippen LogP contribution in [0.4, 0.5) is 10.1 Å². The van der Waals surface area contributed by atoms with Gasteiger partial charge in [0.25, 0.3) is 0 Å². The SMILES string of the molecule is C[C@@H]1Nc2ccc(-c3cc(F)cc(C#N)c3)cc2[C@](C)(c2ccccc2)O1. The summed E-state index contributed by atoms with van der Waals surface area (Å²) >= 11 is 0. The molecule has 1 aliphatic rings. The van der Waals surface area contributed by atoms with Crippen LogP contribution in [0.2, 0.25) is 0 Å². The summed E-state index contributed by atoms with van der Waals surface area (Å²) in [5, 5.41) is 12.5. The first-order valence-electron chi connectivity index (χ1n) is 8.85. The summed E-state index contributed by atoms with van der Waals surface area (Å²) in [6, 6.07) is 22.4. The monoisotopic (exact) mass is 358 g/mol. The zero-order valence-corrected chi connectivity index (χ0v) is 15.2. The van der Waals surface area contributed by atoms with Crippen LogP contribution in [0.5, 0.6) is 0 Å². The highest BCUT2D eigenvalue weighted by Gasteiger charge is 2.37. The third-order valence-electron chi connectivity index (χ3n) is 4.99. The fourth-order valence-electron chi connectivity index (χ4n) is 3.71. The molecule has 1 heterocycles. The van der Waals surface area contributed by atoms with Gasteiger partial charge in [0.2, 0.25) is 0 Å². The fraction of sp³-hybridized carbons (Fsp3) is 0.174. The van der Waals surface area contributed by atoms with Gasteiger partial charge in [0.05, 0.1) is 11.6 Å². The molecule has 2 atom stereocenters. The summed E-state index contributed by atoms with van der Waals surface area (Å²) in [4.78, 5) is 0. The lowest BCUT2D eigenvalue weighted by atomic mass is 9.84. The molecule has 0 aliphatic carbocycles. The third kappa shape index (κ3) is 3.07. The van der Waals surface area contributed by atoms with Crippen molar-refractivity contribution in [3.8, 4) is 17.2 Å². The van der Waals surface area contributed by atoms with Crippen LogP contribution in [0, 0.1) is 17.1 Å². The van der Waals surface area contributed by atoms with Gasteiger partial charge >= 0.3 is 0 Å². The molecule has 27 heavy (non-hydrogen) atoms. The molecule has 0 saturated carbocycles. The summed E-state index contributed by atoms with van der Waals surface area (Å²) < 4.78 is 20.2. The molecule has 4 heteroatoms. The van der Waals surface area contributed by atoms with E-state index in [0.717, 1.165) is 22.4 Å². The van der Waals surface area contributed by atoms with Gasteiger partial charge in [-0.3, -0.25) is 0 Å². The van der Waals surface area contributed by atoms with E-state index in [0.29, 0.717) is 11.1 Å². The van der Waals surface area contributed by atoms with Gasteiger partial charge in [0.15, 0.2) is 0 Å². The number of ether oxygens (including phenoxy) is 1. The number of hydrogen-bond acceptors (Lipinski definition) is 3. The van der Waals surface area contributed by atoms with Crippen LogP contribution in [0.1, 0.15) is 30.5 Å². The maximum atomic E-state index is 13.9. The van der Waals surface area contributed by atoms with Gasteiger partial charge in [0, 0.05) is 11.3 Å². The molecule has 0 aromatic heterocycles. The maximum absolute atomic E-state index is 13.9. The number of nitriles is 1. The predicted octanol–water partition coefficient (Wildman–Crippen LogP) is 5.42. The van der Waals surface area contributed by atoms with Crippen molar-refractivity contribution in [2.24, 2.45) is 0 Å². The van der Waals surface area contributed by atoms with E-state index in [1.165, 1.54) is 12.1 Å². The van der Waals surface area contributed by atoms with E-state index >= 15 is 0 Å². The summed E-state index contributed by atoms with van der Waals surface area (Å²) in [5.74, 6) is -0.421. The van der Waals surface area contributed by atoms with Crippen molar-refractivity contribution in [3.63, 3.8) is 0 Å². The van der Waals surface area contributed by atoms with Crippen molar-refractivity contribution in [1.29, 1.82) is 5.26 Å². The molecular weight excluding hydrogens is 339 g/mol. The van der Waals surface area contributed by atoms with Gasteiger partial charge in [-0.25, -0.2) is 4.39 Å². The average Bonchev–Trinajstić information content (AvgIpc) is 2.68. The molecule has 0 saturated heterocycles. The minimum atomic E-state index is -0.636. The molecule has 134 valence electrons. The first kappa shape index (κ1) is 17.3. The van der Waals surface area contributed by atoms with Gasteiger partial charge in [-0.15, -0.1) is 0 Å². The van der Waals surface area contributed by atoms with Crippen LogP contribution in [-0.4, -0.2) is 6.23 Å². The number of benzene rings is 3. The number of halogens is 1. The molecule has 0 bridgehead atoms. The second-order valence-electron chi connectivity index (χ2n) is 6.90. The van der Waals surface area contributed by atoms with Crippen LogP contribution in [0.3, 0.4) is 0 Å². The molecule has 1 aliphatic heterocycles. The van der Waals surface area contributed by atoms with E-state index in [9.17, 15) is 4.39 Å². The van der Waals surface area contributed by atoms with E-state index in [1.54, 1.807) is 6.07 Å². The number of anilines is 1. The van der Waals surface area contributed by atoms with E-state index in [2.05, 4.69) is 12.2 Å². The Bertz CT molecular complexity index is 1040. The lowest BCUT2D eigenvalue weighted by Gasteiger charge is -2.40.